The second kappa shape index (κ2) is 7.45. The molecule has 0 bridgehead atoms. The van der Waals surface area contributed by atoms with E-state index in [0.717, 1.165) is 6.42 Å². The topological polar surface area (TPSA) is 55.4 Å². The summed E-state index contributed by atoms with van der Waals surface area (Å²) >= 11 is 0. The molecule has 4 nitrogen and oxygen atoms in total. The minimum Gasteiger partial charge on any atom is -0.491 e. The Morgan fingerprint density at radius 3 is 2.63 bits per heavy atom. The Morgan fingerprint density at radius 2 is 2.05 bits per heavy atom. The van der Waals surface area contributed by atoms with Gasteiger partial charge < -0.3 is 4.74 Å². The van der Waals surface area contributed by atoms with Gasteiger partial charge in [0.25, 0.3) is 0 Å². The molecule has 0 fully saturated rings. The van der Waals surface area contributed by atoms with Crippen LogP contribution in [0, 0.1) is 5.82 Å². The Hall–Kier alpha value is -1.14. The number of hydrogen-bond acceptors (Lipinski definition) is 3. The molecule has 1 rings (SSSR count). The highest BCUT2D eigenvalue weighted by Gasteiger charge is 2.10. The molecule has 0 atom stereocenters. The van der Waals surface area contributed by atoms with E-state index in [4.69, 9.17) is 4.74 Å². The molecule has 0 spiro atoms. The molecule has 1 aromatic carbocycles. The van der Waals surface area contributed by atoms with Gasteiger partial charge in [0.15, 0.2) is 11.6 Å². The summed E-state index contributed by atoms with van der Waals surface area (Å²) in [4.78, 5) is 0. The summed E-state index contributed by atoms with van der Waals surface area (Å²) in [6.07, 6.45) is 1.44. The van der Waals surface area contributed by atoms with Crippen molar-refractivity contribution < 1.29 is 17.5 Å². The summed E-state index contributed by atoms with van der Waals surface area (Å²) in [7, 11) is -3.28. The van der Waals surface area contributed by atoms with Gasteiger partial charge in [-0.25, -0.2) is 17.5 Å². The third kappa shape index (κ3) is 5.57. The number of hydrogen-bond donors (Lipinski definition) is 1. The highest BCUT2D eigenvalue weighted by molar-refractivity contribution is 7.89. The lowest BCUT2D eigenvalue weighted by Gasteiger charge is -2.08. The maximum atomic E-state index is 13.6. The average Bonchev–Trinajstić information content (AvgIpc) is 2.37. The fourth-order valence-corrected chi connectivity index (χ4v) is 2.73. The summed E-state index contributed by atoms with van der Waals surface area (Å²) in [5.74, 6) is -0.199. The molecule has 1 aromatic rings. The average molecular weight is 289 g/mol. The van der Waals surface area contributed by atoms with Gasteiger partial charge >= 0.3 is 0 Å². The van der Waals surface area contributed by atoms with Crippen LogP contribution >= 0.6 is 0 Å². The lowest BCUT2D eigenvalue weighted by molar-refractivity contribution is 0.321. The number of ether oxygens (including phenoxy) is 1. The van der Waals surface area contributed by atoms with Crippen LogP contribution in [0.25, 0.3) is 0 Å². The molecule has 0 aliphatic rings. The first-order valence-corrected chi connectivity index (χ1v) is 8.02. The van der Waals surface area contributed by atoms with E-state index >= 15 is 0 Å². The van der Waals surface area contributed by atoms with Crippen molar-refractivity contribution in [2.75, 3.05) is 12.4 Å². The number of rotatable bonds is 8. The van der Waals surface area contributed by atoms with E-state index in [-0.39, 0.29) is 18.0 Å². The van der Waals surface area contributed by atoms with Crippen molar-refractivity contribution in [3.63, 3.8) is 0 Å². The van der Waals surface area contributed by atoms with Crippen molar-refractivity contribution in [1.82, 2.24) is 4.72 Å². The number of unbranched alkanes of at least 4 members (excludes halogenated alkanes) is 1. The number of nitrogens with one attached hydrogen (secondary N) is 1. The molecule has 0 unspecified atom stereocenters. The minimum absolute atomic E-state index is 0.0926. The van der Waals surface area contributed by atoms with Gasteiger partial charge in [0.1, 0.15) is 0 Å². The Kier molecular flexibility index (Phi) is 6.24. The molecule has 0 aromatic heterocycles. The van der Waals surface area contributed by atoms with E-state index in [2.05, 4.69) is 4.72 Å². The zero-order valence-corrected chi connectivity index (χ0v) is 12.1. The maximum absolute atomic E-state index is 13.6. The van der Waals surface area contributed by atoms with Crippen molar-refractivity contribution in [1.29, 1.82) is 0 Å². The second-order valence-electron chi connectivity index (χ2n) is 4.19. The zero-order chi connectivity index (χ0) is 14.3. The van der Waals surface area contributed by atoms with Crippen molar-refractivity contribution in [3.8, 4) is 5.75 Å². The van der Waals surface area contributed by atoms with Crippen LogP contribution in [0.5, 0.6) is 5.75 Å². The van der Waals surface area contributed by atoms with Crippen LogP contribution in [0.15, 0.2) is 18.2 Å². The molecule has 0 saturated carbocycles. The first kappa shape index (κ1) is 15.9. The van der Waals surface area contributed by atoms with Gasteiger partial charge in [-0.1, -0.05) is 19.4 Å². The van der Waals surface area contributed by atoms with E-state index in [1.165, 1.54) is 12.1 Å². The van der Waals surface area contributed by atoms with Crippen LogP contribution in [0.2, 0.25) is 0 Å². The number of sulfonamides is 1. The normalized spacial score (nSPS) is 11.5. The molecule has 0 heterocycles. The molecule has 6 heteroatoms. The smallest absolute Gasteiger partial charge is 0.211 e. The SMILES string of the molecule is CCCCS(=O)(=O)NCc1ccc(OCC)c(F)c1. The van der Waals surface area contributed by atoms with Crippen LogP contribution in [0.3, 0.4) is 0 Å². The van der Waals surface area contributed by atoms with Gasteiger partial charge in [0.05, 0.1) is 12.4 Å². The van der Waals surface area contributed by atoms with Crippen LogP contribution in [0.1, 0.15) is 32.3 Å². The third-order valence-corrected chi connectivity index (χ3v) is 3.97. The molecular weight excluding hydrogens is 269 g/mol. The molecule has 19 heavy (non-hydrogen) atoms. The first-order valence-electron chi connectivity index (χ1n) is 6.37. The van der Waals surface area contributed by atoms with Gasteiger partial charge in [-0.15, -0.1) is 0 Å². The first-order chi connectivity index (χ1) is 8.98. The quantitative estimate of drug-likeness (QED) is 0.799. The van der Waals surface area contributed by atoms with E-state index < -0.39 is 15.8 Å². The Morgan fingerprint density at radius 1 is 1.32 bits per heavy atom. The van der Waals surface area contributed by atoms with Crippen LogP contribution in [-0.2, 0) is 16.6 Å². The van der Waals surface area contributed by atoms with E-state index in [1.54, 1.807) is 13.0 Å². The fourth-order valence-electron chi connectivity index (χ4n) is 1.53. The van der Waals surface area contributed by atoms with Gasteiger partial charge in [-0.05, 0) is 31.0 Å². The lowest BCUT2D eigenvalue weighted by Crippen LogP contribution is -2.25. The van der Waals surface area contributed by atoms with Gasteiger partial charge in [-0.3, -0.25) is 0 Å². The predicted octanol–water partition coefficient (Wildman–Crippen LogP) is 2.44. The standard InChI is InChI=1S/C13H20FNO3S/c1-3-5-8-19(16,17)15-10-11-6-7-13(18-4-2)12(14)9-11/h6-7,9,15H,3-5,8,10H2,1-2H3. The van der Waals surface area contributed by atoms with E-state index in [1.807, 2.05) is 6.92 Å². The molecule has 108 valence electrons. The predicted molar refractivity (Wildman–Crippen MR) is 73.1 cm³/mol. The van der Waals surface area contributed by atoms with Crippen molar-refractivity contribution in [2.24, 2.45) is 0 Å². The fraction of sp³-hybridized carbons (Fsp3) is 0.538. The van der Waals surface area contributed by atoms with Gasteiger partial charge in [0.2, 0.25) is 10.0 Å². The van der Waals surface area contributed by atoms with Crippen molar-refractivity contribution >= 4 is 10.0 Å². The van der Waals surface area contributed by atoms with Gasteiger partial charge in [-0.2, -0.15) is 0 Å². The second-order valence-corrected chi connectivity index (χ2v) is 6.12. The molecule has 1 N–H and O–H groups in total. The van der Waals surface area contributed by atoms with Crippen molar-refractivity contribution in [3.05, 3.63) is 29.6 Å². The third-order valence-electron chi connectivity index (χ3n) is 2.56. The Balaban J connectivity index is 2.61. The summed E-state index contributed by atoms with van der Waals surface area (Å²) in [6.45, 7) is 4.18. The molecule has 0 saturated heterocycles. The molecule has 0 radical (unpaired) electrons. The summed E-state index contributed by atoms with van der Waals surface area (Å²) in [5.41, 5.74) is 0.570. The Labute approximate surface area is 114 Å². The summed E-state index contributed by atoms with van der Waals surface area (Å²) in [6, 6.07) is 4.44. The maximum Gasteiger partial charge on any atom is 0.211 e. The van der Waals surface area contributed by atoms with Gasteiger partial charge in [0, 0.05) is 6.54 Å². The van der Waals surface area contributed by atoms with Crippen LogP contribution in [0.4, 0.5) is 4.39 Å². The summed E-state index contributed by atoms with van der Waals surface area (Å²) in [5, 5.41) is 0. The Bertz CT molecular complexity index is 503. The van der Waals surface area contributed by atoms with E-state index in [9.17, 15) is 12.8 Å². The molecule has 0 amide bonds. The van der Waals surface area contributed by atoms with Crippen molar-refractivity contribution in [2.45, 2.75) is 33.2 Å². The zero-order valence-electron chi connectivity index (χ0n) is 11.3. The highest BCUT2D eigenvalue weighted by atomic mass is 32.2. The summed E-state index contributed by atoms with van der Waals surface area (Å²) < 4.78 is 44.3. The molecule has 0 aliphatic carbocycles. The minimum atomic E-state index is -3.28. The van der Waals surface area contributed by atoms with Crippen LogP contribution in [-0.4, -0.2) is 20.8 Å². The highest BCUT2D eigenvalue weighted by Crippen LogP contribution is 2.18. The largest absolute Gasteiger partial charge is 0.491 e. The molecular formula is C13H20FNO3S. The lowest BCUT2D eigenvalue weighted by atomic mass is 10.2. The monoisotopic (exact) mass is 289 g/mol. The van der Waals surface area contributed by atoms with E-state index in [0.29, 0.717) is 18.6 Å². The number of benzene rings is 1. The van der Waals surface area contributed by atoms with Crippen LogP contribution < -0.4 is 9.46 Å². The number of halogens is 1. The molecule has 0 aliphatic heterocycles.